The van der Waals surface area contributed by atoms with Gasteiger partial charge in [-0.15, -0.1) is 0 Å². The summed E-state index contributed by atoms with van der Waals surface area (Å²) < 4.78 is 10.8. The summed E-state index contributed by atoms with van der Waals surface area (Å²) in [6.45, 7) is 2.46. The molecule has 1 amide bonds. The van der Waals surface area contributed by atoms with E-state index < -0.39 is 12.1 Å². The number of hydrogen-bond acceptors (Lipinski definition) is 9. The second-order valence-corrected chi connectivity index (χ2v) is 8.60. The Morgan fingerprint density at radius 3 is 2.54 bits per heavy atom. The summed E-state index contributed by atoms with van der Waals surface area (Å²) in [5, 5.41) is 22.3. The van der Waals surface area contributed by atoms with Crippen molar-refractivity contribution < 1.29 is 24.2 Å². The largest absolute Gasteiger partial charge is 0.489 e. The minimum absolute atomic E-state index is 0.128. The maximum absolute atomic E-state index is 12.0. The van der Waals surface area contributed by atoms with Crippen LogP contribution in [-0.4, -0.2) is 64.3 Å². The third-order valence-electron chi connectivity index (χ3n) is 6.02. The van der Waals surface area contributed by atoms with Crippen molar-refractivity contribution in [3.63, 3.8) is 0 Å². The Balaban J connectivity index is 1.44. The molecule has 10 nitrogen and oxygen atoms in total. The molecule has 2 N–H and O–H groups in total. The molecule has 1 saturated heterocycles. The molecule has 2 heterocycles. The van der Waals surface area contributed by atoms with Crippen LogP contribution in [0.5, 0.6) is 5.75 Å². The Morgan fingerprint density at radius 2 is 1.89 bits per heavy atom. The lowest BCUT2D eigenvalue weighted by atomic mass is 10.1. The first kappa shape index (κ1) is 25.6. The highest BCUT2D eigenvalue weighted by atomic mass is 16.5. The van der Waals surface area contributed by atoms with Gasteiger partial charge in [0.05, 0.1) is 23.9 Å². The zero-order valence-corrected chi connectivity index (χ0v) is 20.5. The minimum Gasteiger partial charge on any atom is -0.489 e. The van der Waals surface area contributed by atoms with E-state index >= 15 is 0 Å². The van der Waals surface area contributed by atoms with E-state index in [0.717, 1.165) is 5.56 Å². The number of methoxy groups -OCH3 is 1. The first-order valence-electron chi connectivity index (χ1n) is 11.8. The lowest BCUT2D eigenvalue weighted by molar-refractivity contribution is -0.141. The van der Waals surface area contributed by atoms with Crippen LogP contribution in [0.3, 0.4) is 0 Å². The number of piperidine rings is 1. The van der Waals surface area contributed by atoms with E-state index in [1.54, 1.807) is 53.6 Å². The summed E-state index contributed by atoms with van der Waals surface area (Å²) in [7, 11) is 1.33. The van der Waals surface area contributed by atoms with Gasteiger partial charge in [-0.05, 0) is 55.5 Å². The van der Waals surface area contributed by atoms with Crippen LogP contribution in [0.15, 0.2) is 54.7 Å². The minimum atomic E-state index is -1.01. The molecule has 1 fully saturated rings. The summed E-state index contributed by atoms with van der Waals surface area (Å²) in [5.41, 5.74) is 2.87. The van der Waals surface area contributed by atoms with Gasteiger partial charge in [0.1, 0.15) is 24.0 Å². The number of nitrogens with one attached hydrogen (secondary N) is 1. The molecule has 0 unspecified atom stereocenters. The summed E-state index contributed by atoms with van der Waals surface area (Å²) in [6.07, 6.45) is 1.71. The topological polar surface area (TPSA) is 138 Å². The number of benzene rings is 2. The normalized spacial score (nSPS) is 14.4. The number of likely N-dealkylation sites (tertiary alicyclic amines) is 1. The van der Waals surface area contributed by atoms with Gasteiger partial charge in [0.25, 0.3) is 5.91 Å². The number of amides is 1. The molecule has 2 aromatic carbocycles. The molecular weight excluding hydrogens is 474 g/mol. The van der Waals surface area contributed by atoms with Crippen LogP contribution in [0.4, 0.5) is 11.6 Å². The predicted molar refractivity (Wildman–Crippen MR) is 135 cm³/mol. The molecule has 10 heteroatoms. The second-order valence-electron chi connectivity index (χ2n) is 8.60. The SMILES string of the molecule is COC(=O)c1ccc(Nc2nccc(-c3ccc(OC4CCN(C(=O)[C@H](C)O)CC4)c(C#N)c3)n2)cc1. The lowest BCUT2D eigenvalue weighted by Gasteiger charge is -2.33. The fourth-order valence-electron chi connectivity index (χ4n) is 4.03. The summed E-state index contributed by atoms with van der Waals surface area (Å²) in [6, 6.07) is 16.0. The predicted octanol–water partition coefficient (Wildman–Crippen LogP) is 3.30. The summed E-state index contributed by atoms with van der Waals surface area (Å²) >= 11 is 0. The summed E-state index contributed by atoms with van der Waals surface area (Å²) in [5.74, 6) is 0.144. The number of anilines is 2. The van der Waals surface area contributed by atoms with Gasteiger partial charge < -0.3 is 24.8 Å². The zero-order valence-electron chi connectivity index (χ0n) is 20.5. The van der Waals surface area contributed by atoms with E-state index in [1.807, 2.05) is 6.07 Å². The van der Waals surface area contributed by atoms with Crippen LogP contribution >= 0.6 is 0 Å². The number of nitrogens with zero attached hydrogens (tertiary/aromatic N) is 4. The maximum atomic E-state index is 12.0. The first-order valence-corrected chi connectivity index (χ1v) is 11.8. The average molecular weight is 502 g/mol. The van der Waals surface area contributed by atoms with Gasteiger partial charge in [-0.3, -0.25) is 4.79 Å². The van der Waals surface area contributed by atoms with Crippen LogP contribution in [-0.2, 0) is 9.53 Å². The van der Waals surface area contributed by atoms with Crippen molar-refractivity contribution in [2.75, 3.05) is 25.5 Å². The molecule has 3 aromatic rings. The molecule has 1 atom stereocenters. The van der Waals surface area contributed by atoms with Gasteiger partial charge in [-0.1, -0.05) is 0 Å². The van der Waals surface area contributed by atoms with Gasteiger partial charge >= 0.3 is 5.97 Å². The van der Waals surface area contributed by atoms with E-state index in [0.29, 0.717) is 60.1 Å². The van der Waals surface area contributed by atoms with Crippen LogP contribution in [0.2, 0.25) is 0 Å². The van der Waals surface area contributed by atoms with Crippen molar-refractivity contribution in [1.29, 1.82) is 5.26 Å². The number of nitriles is 1. The monoisotopic (exact) mass is 501 g/mol. The Bertz CT molecular complexity index is 1310. The lowest BCUT2D eigenvalue weighted by Crippen LogP contribution is -2.45. The molecule has 0 saturated carbocycles. The molecular formula is C27H27N5O5. The first-order chi connectivity index (χ1) is 17.9. The van der Waals surface area contributed by atoms with E-state index in [-0.39, 0.29) is 12.0 Å². The van der Waals surface area contributed by atoms with E-state index in [1.165, 1.54) is 14.0 Å². The Kier molecular flexibility index (Phi) is 7.95. The molecule has 4 rings (SSSR count). The van der Waals surface area contributed by atoms with E-state index in [4.69, 9.17) is 9.47 Å². The molecule has 0 spiro atoms. The molecule has 37 heavy (non-hydrogen) atoms. The number of carbonyl (C=O) groups is 2. The summed E-state index contributed by atoms with van der Waals surface area (Å²) in [4.78, 5) is 34.0. The standard InChI is InChI=1S/C27H27N5O5/c1-17(33)25(34)32-13-10-22(11-14-32)37-24-8-5-19(15-20(24)16-28)23-9-12-29-27(31-23)30-21-6-3-18(4-7-21)26(35)36-2/h3-9,12,15,17,22,33H,10-11,13-14H2,1-2H3,(H,29,30,31)/t17-/m0/s1. The van der Waals surface area contributed by atoms with Crippen LogP contribution in [0, 0.1) is 11.3 Å². The average Bonchev–Trinajstić information content (AvgIpc) is 2.93. The van der Waals surface area contributed by atoms with Crippen molar-refractivity contribution >= 4 is 23.5 Å². The molecule has 0 bridgehead atoms. The number of carbonyl (C=O) groups excluding carboxylic acids is 2. The number of ether oxygens (including phenoxy) is 2. The van der Waals surface area contributed by atoms with Crippen molar-refractivity contribution in [2.24, 2.45) is 0 Å². The molecule has 1 aromatic heterocycles. The van der Waals surface area contributed by atoms with E-state index in [2.05, 4.69) is 21.4 Å². The fourth-order valence-corrected chi connectivity index (χ4v) is 4.03. The maximum Gasteiger partial charge on any atom is 0.337 e. The highest BCUT2D eigenvalue weighted by Gasteiger charge is 2.26. The van der Waals surface area contributed by atoms with Crippen LogP contribution < -0.4 is 10.1 Å². The highest BCUT2D eigenvalue weighted by molar-refractivity contribution is 5.89. The number of rotatable bonds is 7. The Morgan fingerprint density at radius 1 is 1.16 bits per heavy atom. The van der Waals surface area contributed by atoms with Gasteiger partial charge in [-0.25, -0.2) is 14.8 Å². The number of esters is 1. The molecule has 0 aliphatic carbocycles. The van der Waals surface area contributed by atoms with Crippen molar-refractivity contribution in [1.82, 2.24) is 14.9 Å². The number of aromatic nitrogens is 2. The highest BCUT2D eigenvalue weighted by Crippen LogP contribution is 2.28. The molecule has 0 radical (unpaired) electrons. The van der Waals surface area contributed by atoms with Crippen molar-refractivity contribution in [2.45, 2.75) is 32.0 Å². The van der Waals surface area contributed by atoms with Crippen LogP contribution in [0.25, 0.3) is 11.3 Å². The number of hydrogen-bond donors (Lipinski definition) is 2. The Hall–Kier alpha value is -4.49. The number of aliphatic hydroxyl groups excluding tert-OH is 1. The molecule has 1 aliphatic heterocycles. The van der Waals surface area contributed by atoms with Gasteiger partial charge in [0.2, 0.25) is 5.95 Å². The Labute approximate surface area is 214 Å². The smallest absolute Gasteiger partial charge is 0.337 e. The molecule has 1 aliphatic rings. The third-order valence-corrected chi connectivity index (χ3v) is 6.02. The van der Waals surface area contributed by atoms with Gasteiger partial charge in [-0.2, -0.15) is 5.26 Å². The fraction of sp³-hybridized carbons (Fsp3) is 0.296. The molecule has 190 valence electrons. The van der Waals surface area contributed by atoms with Crippen molar-refractivity contribution in [3.8, 4) is 23.1 Å². The number of aliphatic hydroxyl groups is 1. The third kappa shape index (κ3) is 6.20. The van der Waals surface area contributed by atoms with E-state index in [9.17, 15) is 20.0 Å². The quantitative estimate of drug-likeness (QED) is 0.467. The van der Waals surface area contributed by atoms with Crippen LogP contribution in [0.1, 0.15) is 35.7 Å². The zero-order chi connectivity index (χ0) is 26.4. The van der Waals surface area contributed by atoms with Crippen molar-refractivity contribution in [3.05, 3.63) is 65.9 Å². The van der Waals surface area contributed by atoms with Gasteiger partial charge in [0, 0.05) is 43.4 Å². The second kappa shape index (κ2) is 11.5. The van der Waals surface area contributed by atoms with Gasteiger partial charge in [0.15, 0.2) is 0 Å².